The summed E-state index contributed by atoms with van der Waals surface area (Å²) in [7, 11) is 0. The number of morpholine rings is 1. The molecule has 1 saturated heterocycles. The first-order chi connectivity index (χ1) is 11.8. The second-order valence-electron chi connectivity index (χ2n) is 5.60. The van der Waals surface area contributed by atoms with Crippen molar-refractivity contribution in [2.75, 3.05) is 31.6 Å². The normalized spacial score (nSPS) is 14.8. The molecular formula is C18H17N3O2S. The molecule has 6 heteroatoms. The van der Waals surface area contributed by atoms with E-state index in [-0.39, 0.29) is 6.03 Å². The molecule has 1 fully saturated rings. The molecule has 0 spiro atoms. The van der Waals surface area contributed by atoms with Gasteiger partial charge in [-0.15, -0.1) is 11.3 Å². The molecular weight excluding hydrogens is 322 g/mol. The van der Waals surface area contributed by atoms with E-state index in [0.29, 0.717) is 26.3 Å². The summed E-state index contributed by atoms with van der Waals surface area (Å²) in [4.78, 5) is 18.7. The molecule has 4 rings (SSSR count). The third kappa shape index (κ3) is 3.11. The lowest BCUT2D eigenvalue weighted by atomic mass is 10.2. The van der Waals surface area contributed by atoms with Gasteiger partial charge in [-0.05, 0) is 24.3 Å². The van der Waals surface area contributed by atoms with Gasteiger partial charge in [0.05, 0.1) is 23.4 Å². The monoisotopic (exact) mass is 339 g/mol. The van der Waals surface area contributed by atoms with E-state index in [1.807, 2.05) is 42.5 Å². The van der Waals surface area contributed by atoms with Crippen LogP contribution in [0.1, 0.15) is 0 Å². The molecule has 1 aromatic heterocycles. The van der Waals surface area contributed by atoms with E-state index in [1.54, 1.807) is 16.2 Å². The number of hydrogen-bond donors (Lipinski definition) is 1. The van der Waals surface area contributed by atoms with Crippen LogP contribution in [0.3, 0.4) is 0 Å². The number of rotatable bonds is 2. The summed E-state index contributed by atoms with van der Waals surface area (Å²) >= 11 is 1.66. The van der Waals surface area contributed by atoms with E-state index in [0.717, 1.165) is 26.5 Å². The first-order valence-electron chi connectivity index (χ1n) is 7.89. The fourth-order valence-electron chi connectivity index (χ4n) is 2.69. The first kappa shape index (κ1) is 15.1. The molecule has 1 N–H and O–H groups in total. The topological polar surface area (TPSA) is 54.5 Å². The third-order valence-electron chi connectivity index (χ3n) is 3.95. The fraction of sp³-hybridized carbons (Fsp3) is 0.222. The first-order valence-corrected chi connectivity index (χ1v) is 8.71. The zero-order valence-electron chi connectivity index (χ0n) is 13.1. The molecule has 5 nitrogen and oxygen atoms in total. The Morgan fingerprint density at radius 2 is 1.96 bits per heavy atom. The quantitative estimate of drug-likeness (QED) is 0.772. The predicted molar refractivity (Wildman–Crippen MR) is 96.5 cm³/mol. The van der Waals surface area contributed by atoms with Crippen LogP contribution in [0.15, 0.2) is 48.5 Å². The largest absolute Gasteiger partial charge is 0.378 e. The molecule has 0 bridgehead atoms. The van der Waals surface area contributed by atoms with E-state index < -0.39 is 0 Å². The summed E-state index contributed by atoms with van der Waals surface area (Å²) in [6, 6.07) is 15.8. The number of anilines is 1. The second-order valence-corrected chi connectivity index (χ2v) is 6.63. The SMILES string of the molecule is O=C(Nc1cccc(-c2nc3ccccc3s2)c1)N1CCOCC1. The molecule has 0 radical (unpaired) electrons. The van der Waals surface area contributed by atoms with Crippen LogP contribution in [0.5, 0.6) is 0 Å². The minimum Gasteiger partial charge on any atom is -0.378 e. The van der Waals surface area contributed by atoms with Crippen LogP contribution in [0, 0.1) is 0 Å². The van der Waals surface area contributed by atoms with Crippen LogP contribution in [0.2, 0.25) is 0 Å². The summed E-state index contributed by atoms with van der Waals surface area (Å²) in [5.41, 5.74) is 2.79. The van der Waals surface area contributed by atoms with Crippen molar-refractivity contribution in [1.82, 2.24) is 9.88 Å². The van der Waals surface area contributed by atoms with Crippen LogP contribution in [0.4, 0.5) is 10.5 Å². The molecule has 0 aliphatic carbocycles. The number of hydrogen-bond acceptors (Lipinski definition) is 4. The van der Waals surface area contributed by atoms with E-state index in [1.165, 1.54) is 0 Å². The maximum Gasteiger partial charge on any atom is 0.321 e. The molecule has 122 valence electrons. The van der Waals surface area contributed by atoms with Gasteiger partial charge in [0.2, 0.25) is 0 Å². The van der Waals surface area contributed by atoms with Crippen molar-refractivity contribution in [2.45, 2.75) is 0 Å². The highest BCUT2D eigenvalue weighted by Crippen LogP contribution is 2.31. The molecule has 1 aliphatic heterocycles. The summed E-state index contributed by atoms with van der Waals surface area (Å²) in [6.45, 7) is 2.45. The zero-order valence-corrected chi connectivity index (χ0v) is 13.9. The maximum absolute atomic E-state index is 12.3. The number of fused-ring (bicyclic) bond motifs is 1. The predicted octanol–water partition coefficient (Wildman–Crippen LogP) is 3.83. The molecule has 0 atom stereocenters. The third-order valence-corrected chi connectivity index (χ3v) is 5.04. The minimum absolute atomic E-state index is 0.0836. The number of carbonyl (C=O) groups is 1. The second kappa shape index (κ2) is 6.59. The van der Waals surface area contributed by atoms with E-state index in [9.17, 15) is 4.79 Å². The Balaban J connectivity index is 1.55. The van der Waals surface area contributed by atoms with Gasteiger partial charge in [-0.25, -0.2) is 9.78 Å². The minimum atomic E-state index is -0.0836. The van der Waals surface area contributed by atoms with Crippen molar-refractivity contribution in [3.8, 4) is 10.6 Å². The average Bonchev–Trinajstić information content (AvgIpc) is 3.07. The molecule has 24 heavy (non-hydrogen) atoms. The number of aromatic nitrogens is 1. The number of urea groups is 1. The van der Waals surface area contributed by atoms with E-state index in [2.05, 4.69) is 16.4 Å². The smallest absolute Gasteiger partial charge is 0.321 e. The van der Waals surface area contributed by atoms with Crippen molar-refractivity contribution in [3.63, 3.8) is 0 Å². The average molecular weight is 339 g/mol. The van der Waals surface area contributed by atoms with Gasteiger partial charge in [0.1, 0.15) is 5.01 Å². The molecule has 0 saturated carbocycles. The summed E-state index contributed by atoms with van der Waals surface area (Å²) in [5, 5.41) is 3.92. The Bertz CT molecular complexity index is 838. The number of nitrogens with one attached hydrogen (secondary N) is 1. The lowest BCUT2D eigenvalue weighted by Gasteiger charge is -2.26. The Morgan fingerprint density at radius 3 is 2.79 bits per heavy atom. The van der Waals surface area contributed by atoms with Gasteiger partial charge < -0.3 is 15.0 Å². The Hall–Kier alpha value is -2.44. The number of thiazole rings is 1. The lowest BCUT2D eigenvalue weighted by Crippen LogP contribution is -2.43. The molecule has 2 aromatic carbocycles. The van der Waals surface area contributed by atoms with Crippen molar-refractivity contribution in [3.05, 3.63) is 48.5 Å². The molecule has 2 heterocycles. The van der Waals surface area contributed by atoms with Crippen molar-refractivity contribution >= 4 is 33.3 Å². The van der Waals surface area contributed by atoms with Crippen LogP contribution < -0.4 is 5.32 Å². The van der Waals surface area contributed by atoms with Crippen molar-refractivity contribution in [1.29, 1.82) is 0 Å². The Kier molecular flexibility index (Phi) is 4.15. The highest BCUT2D eigenvalue weighted by molar-refractivity contribution is 7.21. The molecule has 2 amide bonds. The highest BCUT2D eigenvalue weighted by atomic mass is 32.1. The van der Waals surface area contributed by atoms with Gasteiger partial charge in [-0.1, -0.05) is 24.3 Å². The van der Waals surface area contributed by atoms with Gasteiger partial charge in [0, 0.05) is 24.3 Å². The lowest BCUT2D eigenvalue weighted by molar-refractivity contribution is 0.0564. The van der Waals surface area contributed by atoms with Crippen LogP contribution >= 0.6 is 11.3 Å². The Morgan fingerprint density at radius 1 is 1.12 bits per heavy atom. The molecule has 0 unspecified atom stereocenters. The number of benzene rings is 2. The molecule has 1 aliphatic rings. The van der Waals surface area contributed by atoms with Crippen LogP contribution in [-0.2, 0) is 4.74 Å². The van der Waals surface area contributed by atoms with Gasteiger partial charge in [0.25, 0.3) is 0 Å². The summed E-state index contributed by atoms with van der Waals surface area (Å²) < 4.78 is 6.44. The highest BCUT2D eigenvalue weighted by Gasteiger charge is 2.17. The number of amides is 2. The van der Waals surface area contributed by atoms with Gasteiger partial charge in [-0.3, -0.25) is 0 Å². The Labute approximate surface area is 143 Å². The number of carbonyl (C=O) groups excluding carboxylic acids is 1. The van der Waals surface area contributed by atoms with E-state index >= 15 is 0 Å². The van der Waals surface area contributed by atoms with Gasteiger partial charge in [0.15, 0.2) is 0 Å². The van der Waals surface area contributed by atoms with Gasteiger partial charge in [-0.2, -0.15) is 0 Å². The summed E-state index contributed by atoms with van der Waals surface area (Å²) in [5.74, 6) is 0. The van der Waals surface area contributed by atoms with E-state index in [4.69, 9.17) is 4.74 Å². The van der Waals surface area contributed by atoms with Crippen molar-refractivity contribution < 1.29 is 9.53 Å². The number of ether oxygens (including phenoxy) is 1. The summed E-state index contributed by atoms with van der Waals surface area (Å²) in [6.07, 6.45) is 0. The standard InChI is InChI=1S/C18H17N3O2S/c22-18(21-8-10-23-11-9-21)19-14-5-3-4-13(12-14)17-20-15-6-1-2-7-16(15)24-17/h1-7,12H,8-11H2,(H,19,22). The maximum atomic E-state index is 12.3. The van der Waals surface area contributed by atoms with Crippen LogP contribution in [0.25, 0.3) is 20.8 Å². The zero-order chi connectivity index (χ0) is 16.4. The fourth-order valence-corrected chi connectivity index (χ4v) is 3.66. The van der Waals surface area contributed by atoms with Gasteiger partial charge >= 0.3 is 6.03 Å². The number of para-hydroxylation sites is 1. The van der Waals surface area contributed by atoms with Crippen molar-refractivity contribution in [2.24, 2.45) is 0 Å². The van der Waals surface area contributed by atoms with Crippen LogP contribution in [-0.4, -0.2) is 42.2 Å². The molecule has 3 aromatic rings. The number of nitrogens with zero attached hydrogens (tertiary/aromatic N) is 2.